The van der Waals surface area contributed by atoms with Crippen molar-refractivity contribution in [2.75, 3.05) is 19.0 Å². The van der Waals surface area contributed by atoms with Crippen LogP contribution in [0.3, 0.4) is 0 Å². The van der Waals surface area contributed by atoms with Crippen LogP contribution in [0.4, 0.5) is 5.69 Å². The van der Waals surface area contributed by atoms with Gasteiger partial charge in [-0.1, -0.05) is 6.42 Å². The van der Waals surface area contributed by atoms with Gasteiger partial charge in [0.05, 0.1) is 12.0 Å². The Hall–Kier alpha value is -2.25. The summed E-state index contributed by atoms with van der Waals surface area (Å²) in [7, 11) is 1.67. The van der Waals surface area contributed by atoms with E-state index in [9.17, 15) is 4.79 Å². The molecule has 3 rings (SSSR count). The molecule has 0 aliphatic heterocycles. The zero-order valence-corrected chi connectivity index (χ0v) is 13.8. The molecule has 0 atom stereocenters. The van der Waals surface area contributed by atoms with Gasteiger partial charge in [0.25, 0.3) is 0 Å². The highest BCUT2D eigenvalue weighted by Crippen LogP contribution is 2.44. The fraction of sp³-hybridized carbons (Fsp3) is 0.471. The van der Waals surface area contributed by atoms with Gasteiger partial charge in [0.15, 0.2) is 5.82 Å². The van der Waals surface area contributed by atoms with E-state index >= 15 is 0 Å². The summed E-state index contributed by atoms with van der Waals surface area (Å²) in [6.07, 6.45) is 3.73. The number of ether oxygens (including phenoxy) is 1. The molecule has 0 radical (unpaired) electrons. The molecule has 1 aliphatic carbocycles. The van der Waals surface area contributed by atoms with E-state index in [4.69, 9.17) is 10.5 Å². The van der Waals surface area contributed by atoms with Crippen molar-refractivity contribution in [2.45, 2.75) is 32.2 Å². The molecule has 0 saturated heterocycles. The Balaban J connectivity index is 1.66. The maximum absolute atomic E-state index is 12.6. The predicted octanol–water partition coefficient (Wildman–Crippen LogP) is 2.08. The quantitative estimate of drug-likeness (QED) is 0.721. The number of hydrogen-bond donors (Lipinski definition) is 3. The highest BCUT2D eigenvalue weighted by atomic mass is 16.5. The number of aromatic nitrogens is 3. The van der Waals surface area contributed by atoms with Crippen LogP contribution in [0.2, 0.25) is 0 Å². The number of carbonyl (C=O) groups excluding carboxylic acids is 1. The highest BCUT2D eigenvalue weighted by Gasteiger charge is 2.43. The van der Waals surface area contributed by atoms with E-state index in [1.165, 1.54) is 0 Å². The number of anilines is 1. The molecule has 0 unspecified atom stereocenters. The van der Waals surface area contributed by atoms with Crippen LogP contribution < -0.4 is 11.1 Å². The number of aromatic amines is 1. The molecule has 1 aromatic carbocycles. The van der Waals surface area contributed by atoms with Crippen LogP contribution in [-0.4, -0.2) is 34.8 Å². The van der Waals surface area contributed by atoms with Crippen molar-refractivity contribution >= 4 is 11.6 Å². The maximum Gasteiger partial charge on any atom is 0.230 e. The SMILES string of the molecule is COCCC1(C(=O)Nc2ccc(-c3n[nH]c(CN)n3)cc2)CCC1. The lowest BCUT2D eigenvalue weighted by molar-refractivity contribution is -0.131. The molecule has 0 bridgehead atoms. The number of amides is 1. The number of rotatable bonds is 7. The van der Waals surface area contributed by atoms with Gasteiger partial charge in [-0.2, -0.15) is 5.10 Å². The summed E-state index contributed by atoms with van der Waals surface area (Å²) in [5.41, 5.74) is 6.91. The number of H-pyrrole nitrogens is 1. The van der Waals surface area contributed by atoms with Crippen molar-refractivity contribution in [2.24, 2.45) is 11.1 Å². The first-order chi connectivity index (χ1) is 11.7. The third-order valence-corrected chi connectivity index (χ3v) is 4.70. The van der Waals surface area contributed by atoms with E-state index in [1.54, 1.807) is 7.11 Å². The fourth-order valence-corrected chi connectivity index (χ4v) is 2.97. The minimum absolute atomic E-state index is 0.0851. The van der Waals surface area contributed by atoms with Gasteiger partial charge < -0.3 is 15.8 Å². The molecule has 2 aromatic rings. The van der Waals surface area contributed by atoms with Crippen molar-refractivity contribution in [1.82, 2.24) is 15.2 Å². The van der Waals surface area contributed by atoms with Crippen LogP contribution in [0, 0.1) is 5.41 Å². The maximum atomic E-state index is 12.6. The average Bonchev–Trinajstić information content (AvgIpc) is 3.04. The average molecular weight is 329 g/mol. The summed E-state index contributed by atoms with van der Waals surface area (Å²) < 4.78 is 5.14. The molecular formula is C17H23N5O2. The predicted molar refractivity (Wildman–Crippen MR) is 91.1 cm³/mol. The van der Waals surface area contributed by atoms with E-state index in [-0.39, 0.29) is 11.3 Å². The van der Waals surface area contributed by atoms with Gasteiger partial charge in [-0.25, -0.2) is 4.98 Å². The number of methoxy groups -OCH3 is 1. The van der Waals surface area contributed by atoms with Gasteiger partial charge >= 0.3 is 0 Å². The lowest BCUT2D eigenvalue weighted by Crippen LogP contribution is -2.42. The molecule has 1 aliphatic rings. The molecule has 7 heteroatoms. The van der Waals surface area contributed by atoms with Crippen LogP contribution in [-0.2, 0) is 16.1 Å². The molecule has 4 N–H and O–H groups in total. The first-order valence-corrected chi connectivity index (χ1v) is 8.19. The van der Waals surface area contributed by atoms with Crippen molar-refractivity contribution in [3.63, 3.8) is 0 Å². The second-order valence-electron chi connectivity index (χ2n) is 6.22. The largest absolute Gasteiger partial charge is 0.385 e. The highest BCUT2D eigenvalue weighted by molar-refractivity contribution is 5.96. The number of carbonyl (C=O) groups is 1. The number of hydrogen-bond acceptors (Lipinski definition) is 5. The zero-order chi connectivity index (χ0) is 17.0. The van der Waals surface area contributed by atoms with Crippen LogP contribution >= 0.6 is 0 Å². The lowest BCUT2D eigenvalue weighted by Gasteiger charge is -2.40. The second-order valence-corrected chi connectivity index (χ2v) is 6.22. The summed E-state index contributed by atoms with van der Waals surface area (Å²) in [5.74, 6) is 1.33. The Morgan fingerprint density at radius 1 is 1.38 bits per heavy atom. The molecular weight excluding hydrogens is 306 g/mol. The van der Waals surface area contributed by atoms with Crippen LogP contribution in [0.5, 0.6) is 0 Å². The Bertz CT molecular complexity index is 691. The van der Waals surface area contributed by atoms with Crippen LogP contribution in [0.15, 0.2) is 24.3 Å². The van der Waals surface area contributed by atoms with Crippen molar-refractivity contribution in [3.05, 3.63) is 30.1 Å². The van der Waals surface area contributed by atoms with Gasteiger partial charge in [-0.3, -0.25) is 9.89 Å². The van der Waals surface area contributed by atoms with Crippen LogP contribution in [0.25, 0.3) is 11.4 Å². The van der Waals surface area contributed by atoms with E-state index in [0.717, 1.165) is 36.9 Å². The Morgan fingerprint density at radius 2 is 2.12 bits per heavy atom. The number of nitrogens with one attached hydrogen (secondary N) is 2. The minimum atomic E-state index is -0.269. The minimum Gasteiger partial charge on any atom is -0.385 e. The molecule has 1 heterocycles. The molecule has 1 aromatic heterocycles. The van der Waals surface area contributed by atoms with E-state index in [0.29, 0.717) is 24.8 Å². The third kappa shape index (κ3) is 3.32. The van der Waals surface area contributed by atoms with Gasteiger partial charge in [0.2, 0.25) is 5.91 Å². The number of benzene rings is 1. The van der Waals surface area contributed by atoms with Gasteiger partial charge in [0.1, 0.15) is 5.82 Å². The molecule has 7 nitrogen and oxygen atoms in total. The van der Waals surface area contributed by atoms with E-state index < -0.39 is 0 Å². The summed E-state index contributed by atoms with van der Waals surface area (Å²) >= 11 is 0. The third-order valence-electron chi connectivity index (χ3n) is 4.70. The lowest BCUT2D eigenvalue weighted by atomic mass is 9.66. The smallest absolute Gasteiger partial charge is 0.230 e. The summed E-state index contributed by atoms with van der Waals surface area (Å²) in [4.78, 5) is 16.9. The van der Waals surface area contributed by atoms with Gasteiger partial charge in [-0.15, -0.1) is 0 Å². The molecule has 1 amide bonds. The Morgan fingerprint density at radius 3 is 2.67 bits per heavy atom. The molecule has 128 valence electrons. The summed E-state index contributed by atoms with van der Waals surface area (Å²) in [5, 5.41) is 9.94. The van der Waals surface area contributed by atoms with E-state index in [2.05, 4.69) is 20.5 Å². The molecule has 1 fully saturated rings. The monoisotopic (exact) mass is 329 g/mol. The zero-order valence-electron chi connectivity index (χ0n) is 13.8. The Labute approximate surface area is 141 Å². The molecule has 1 saturated carbocycles. The molecule has 0 spiro atoms. The first-order valence-electron chi connectivity index (χ1n) is 8.19. The summed E-state index contributed by atoms with van der Waals surface area (Å²) in [6.45, 7) is 0.936. The number of nitrogens with zero attached hydrogens (tertiary/aromatic N) is 2. The van der Waals surface area contributed by atoms with Crippen LogP contribution in [0.1, 0.15) is 31.5 Å². The normalized spacial score (nSPS) is 15.8. The van der Waals surface area contributed by atoms with Gasteiger partial charge in [0, 0.05) is 25.0 Å². The van der Waals surface area contributed by atoms with Gasteiger partial charge in [-0.05, 0) is 43.5 Å². The first kappa shape index (κ1) is 16.6. The van der Waals surface area contributed by atoms with Crippen molar-refractivity contribution in [1.29, 1.82) is 0 Å². The summed E-state index contributed by atoms with van der Waals surface area (Å²) in [6, 6.07) is 7.52. The van der Waals surface area contributed by atoms with Crippen molar-refractivity contribution < 1.29 is 9.53 Å². The second kappa shape index (κ2) is 7.11. The Kier molecular flexibility index (Phi) is 4.92. The molecule has 24 heavy (non-hydrogen) atoms. The number of nitrogens with two attached hydrogens (primary N) is 1. The fourth-order valence-electron chi connectivity index (χ4n) is 2.97. The van der Waals surface area contributed by atoms with Crippen molar-refractivity contribution in [3.8, 4) is 11.4 Å². The topological polar surface area (TPSA) is 106 Å². The van der Waals surface area contributed by atoms with E-state index in [1.807, 2.05) is 24.3 Å². The standard InChI is InChI=1S/C17H23N5O2/c1-24-10-9-17(7-2-8-17)16(23)19-13-5-3-12(4-6-13)15-20-14(11-18)21-22-15/h3-6H,2,7-11,18H2,1H3,(H,19,23)(H,20,21,22).